The van der Waals surface area contributed by atoms with E-state index in [1.165, 1.54) is 4.90 Å². The lowest BCUT2D eigenvalue weighted by Gasteiger charge is -2.09. The topological polar surface area (TPSA) is 50.5 Å². The van der Waals surface area contributed by atoms with E-state index in [9.17, 15) is 9.59 Å². The molecule has 0 aliphatic rings. The summed E-state index contributed by atoms with van der Waals surface area (Å²) >= 11 is 3.28. The molecule has 0 N–H and O–H groups in total. The number of nitrogens with zero attached hydrogens (tertiary/aromatic N) is 1. The van der Waals surface area contributed by atoms with E-state index in [0.717, 1.165) is 4.47 Å². The fourth-order valence-electron chi connectivity index (χ4n) is 1.48. The molecular weight excluding hydrogens is 286 g/mol. The molecule has 0 radical (unpaired) electrons. The number of carbonyl (C=O) groups excluding carboxylic acids is 1. The molecule has 0 bridgehead atoms. The number of hydrogen-bond donors (Lipinski definition) is 0. The Hall–Kier alpha value is -1.62. The summed E-state index contributed by atoms with van der Waals surface area (Å²) in [5.74, 6) is -0.276. The molecule has 0 saturated carbocycles. The van der Waals surface area contributed by atoms with Gasteiger partial charge in [0, 0.05) is 18.6 Å². The fraction of sp³-hybridized carbons (Fsp3) is 0.167. The molecule has 4 nitrogen and oxygen atoms in total. The molecule has 0 fully saturated rings. The quantitative estimate of drug-likeness (QED) is 0.811. The zero-order valence-electron chi connectivity index (χ0n) is 9.36. The van der Waals surface area contributed by atoms with E-state index < -0.39 is 5.63 Å². The van der Waals surface area contributed by atoms with Crippen LogP contribution in [-0.2, 0) is 0 Å². The Kier molecular flexibility index (Phi) is 3.02. The minimum Gasteiger partial charge on any atom is -0.417 e. The van der Waals surface area contributed by atoms with Gasteiger partial charge >= 0.3 is 5.63 Å². The predicted octanol–water partition coefficient (Wildman–Crippen LogP) is 2.26. The molecule has 5 heteroatoms. The Bertz CT molecular complexity index is 646. The SMILES string of the molecule is CN(C)C(=O)c1cc2ccc(Br)cc2c(=O)o1. The molecule has 0 atom stereocenters. The fourth-order valence-corrected chi connectivity index (χ4v) is 1.84. The lowest BCUT2D eigenvalue weighted by molar-refractivity contribution is 0.0792. The molecule has 0 aliphatic carbocycles. The van der Waals surface area contributed by atoms with Gasteiger partial charge in [-0.1, -0.05) is 22.0 Å². The van der Waals surface area contributed by atoms with Gasteiger partial charge in [0.05, 0.1) is 5.39 Å². The zero-order valence-corrected chi connectivity index (χ0v) is 10.9. The van der Waals surface area contributed by atoms with Gasteiger partial charge in [-0.05, 0) is 23.6 Å². The van der Waals surface area contributed by atoms with Crippen LogP contribution in [0.4, 0.5) is 0 Å². The third-order valence-electron chi connectivity index (χ3n) is 2.34. The maximum atomic E-state index is 11.7. The highest BCUT2D eigenvalue weighted by atomic mass is 79.9. The number of rotatable bonds is 1. The first-order valence-electron chi connectivity index (χ1n) is 4.94. The molecule has 2 rings (SSSR count). The monoisotopic (exact) mass is 295 g/mol. The van der Waals surface area contributed by atoms with E-state index in [4.69, 9.17) is 4.42 Å². The molecule has 1 aromatic heterocycles. The number of fused-ring (bicyclic) bond motifs is 1. The van der Waals surface area contributed by atoms with Crippen molar-refractivity contribution in [2.24, 2.45) is 0 Å². The molecule has 1 heterocycles. The second-order valence-electron chi connectivity index (χ2n) is 3.83. The van der Waals surface area contributed by atoms with Crippen molar-refractivity contribution in [3.63, 3.8) is 0 Å². The van der Waals surface area contributed by atoms with E-state index in [-0.39, 0.29) is 11.7 Å². The minimum atomic E-state index is -0.506. The summed E-state index contributed by atoms with van der Waals surface area (Å²) in [5, 5.41) is 1.14. The Balaban J connectivity index is 2.68. The van der Waals surface area contributed by atoms with Crippen molar-refractivity contribution in [2.75, 3.05) is 14.1 Å². The Morgan fingerprint density at radius 2 is 2.00 bits per heavy atom. The van der Waals surface area contributed by atoms with Crippen molar-refractivity contribution < 1.29 is 9.21 Å². The largest absolute Gasteiger partial charge is 0.417 e. The molecule has 88 valence electrons. The van der Waals surface area contributed by atoms with Gasteiger partial charge in [0.15, 0.2) is 5.76 Å². The summed E-state index contributed by atoms with van der Waals surface area (Å²) in [7, 11) is 3.21. The number of halogens is 1. The Morgan fingerprint density at radius 1 is 1.29 bits per heavy atom. The first kappa shape index (κ1) is 11.9. The molecule has 1 aromatic carbocycles. The normalized spacial score (nSPS) is 10.5. The van der Waals surface area contributed by atoms with Crippen LogP contribution >= 0.6 is 15.9 Å². The smallest absolute Gasteiger partial charge is 0.344 e. The van der Waals surface area contributed by atoms with E-state index in [2.05, 4.69) is 15.9 Å². The minimum absolute atomic E-state index is 0.0508. The number of amides is 1. The van der Waals surface area contributed by atoms with Crippen LogP contribution < -0.4 is 5.63 Å². The van der Waals surface area contributed by atoms with E-state index in [0.29, 0.717) is 10.8 Å². The molecule has 2 aromatic rings. The molecule has 0 unspecified atom stereocenters. The lowest BCUT2D eigenvalue weighted by atomic mass is 10.1. The van der Waals surface area contributed by atoms with Gasteiger partial charge in [-0.2, -0.15) is 0 Å². The van der Waals surface area contributed by atoms with Crippen molar-refractivity contribution in [3.8, 4) is 0 Å². The highest BCUT2D eigenvalue weighted by molar-refractivity contribution is 9.10. The summed E-state index contributed by atoms with van der Waals surface area (Å²) in [6.45, 7) is 0. The average molecular weight is 296 g/mol. The van der Waals surface area contributed by atoms with Crippen molar-refractivity contribution in [1.29, 1.82) is 0 Å². The Labute approximate surface area is 106 Å². The van der Waals surface area contributed by atoms with Crippen molar-refractivity contribution in [2.45, 2.75) is 0 Å². The summed E-state index contributed by atoms with van der Waals surface area (Å²) in [4.78, 5) is 24.8. The van der Waals surface area contributed by atoms with E-state index >= 15 is 0 Å². The van der Waals surface area contributed by atoms with Gasteiger partial charge in [-0.3, -0.25) is 4.79 Å². The van der Waals surface area contributed by atoms with Crippen LogP contribution in [0.2, 0.25) is 0 Å². The van der Waals surface area contributed by atoms with Crippen LogP contribution in [0.1, 0.15) is 10.6 Å². The summed E-state index contributed by atoms with van der Waals surface area (Å²) in [6.07, 6.45) is 0. The first-order valence-corrected chi connectivity index (χ1v) is 5.73. The Morgan fingerprint density at radius 3 is 2.65 bits per heavy atom. The van der Waals surface area contributed by atoms with Crippen LogP contribution in [0.25, 0.3) is 10.8 Å². The molecule has 0 saturated heterocycles. The number of hydrogen-bond acceptors (Lipinski definition) is 3. The molecule has 0 aliphatic heterocycles. The van der Waals surface area contributed by atoms with Gasteiger partial charge in [-0.25, -0.2) is 4.79 Å². The van der Waals surface area contributed by atoms with Gasteiger partial charge in [0.25, 0.3) is 5.91 Å². The predicted molar refractivity (Wildman–Crippen MR) is 68.2 cm³/mol. The first-order chi connectivity index (χ1) is 7.99. The van der Waals surface area contributed by atoms with Crippen LogP contribution in [0.3, 0.4) is 0 Å². The number of benzene rings is 1. The maximum absolute atomic E-state index is 11.7. The summed E-state index contributed by atoms with van der Waals surface area (Å²) in [6, 6.07) is 6.82. The third kappa shape index (κ3) is 2.24. The second kappa shape index (κ2) is 4.33. The van der Waals surface area contributed by atoms with Gasteiger partial charge in [-0.15, -0.1) is 0 Å². The lowest BCUT2D eigenvalue weighted by Crippen LogP contribution is -2.22. The van der Waals surface area contributed by atoms with Crippen LogP contribution in [0, 0.1) is 0 Å². The molecule has 1 amide bonds. The summed E-state index contributed by atoms with van der Waals surface area (Å²) in [5.41, 5.74) is -0.506. The van der Waals surface area contributed by atoms with Crippen LogP contribution in [0.15, 0.2) is 37.9 Å². The average Bonchev–Trinajstić information content (AvgIpc) is 2.28. The molecular formula is C12H10BrNO3. The van der Waals surface area contributed by atoms with Gasteiger partial charge in [0.1, 0.15) is 0 Å². The van der Waals surface area contributed by atoms with Crippen molar-refractivity contribution >= 4 is 32.6 Å². The van der Waals surface area contributed by atoms with Crippen LogP contribution in [-0.4, -0.2) is 24.9 Å². The van der Waals surface area contributed by atoms with E-state index in [1.54, 1.807) is 32.3 Å². The highest BCUT2D eigenvalue weighted by Crippen LogP contribution is 2.18. The standard InChI is InChI=1S/C12H10BrNO3/c1-14(2)11(15)10-5-7-3-4-8(13)6-9(7)12(16)17-10/h3-6H,1-2H3. The van der Waals surface area contributed by atoms with Crippen molar-refractivity contribution in [1.82, 2.24) is 4.90 Å². The number of carbonyl (C=O) groups is 1. The molecule has 17 heavy (non-hydrogen) atoms. The zero-order chi connectivity index (χ0) is 12.6. The maximum Gasteiger partial charge on any atom is 0.344 e. The van der Waals surface area contributed by atoms with Gasteiger partial charge in [0.2, 0.25) is 0 Å². The third-order valence-corrected chi connectivity index (χ3v) is 2.83. The van der Waals surface area contributed by atoms with Crippen LogP contribution in [0.5, 0.6) is 0 Å². The van der Waals surface area contributed by atoms with Crippen molar-refractivity contribution in [3.05, 3.63) is 44.9 Å². The van der Waals surface area contributed by atoms with Gasteiger partial charge < -0.3 is 9.32 Å². The second-order valence-corrected chi connectivity index (χ2v) is 4.74. The highest BCUT2D eigenvalue weighted by Gasteiger charge is 2.13. The molecule has 0 spiro atoms. The summed E-state index contributed by atoms with van der Waals surface area (Å²) < 4.78 is 5.80. The van der Waals surface area contributed by atoms with E-state index in [1.807, 2.05) is 6.07 Å².